The van der Waals surface area contributed by atoms with E-state index in [2.05, 4.69) is 0 Å². The lowest BCUT2D eigenvalue weighted by molar-refractivity contribution is -0.0435. The molecular formula is C14H13Cl2F2N. The van der Waals surface area contributed by atoms with Crippen molar-refractivity contribution in [1.29, 1.82) is 0 Å². The standard InChI is InChI=1S/C14H13Cl2F2N/c15-9-7-12(16)11-3-6-19(13(11)8-9)10-1-4-14(17,18)5-2-10/h3,6-8,10H,1-2,4-5H2. The van der Waals surface area contributed by atoms with Gasteiger partial charge in [0.15, 0.2) is 0 Å². The van der Waals surface area contributed by atoms with Gasteiger partial charge in [0.25, 0.3) is 0 Å². The summed E-state index contributed by atoms with van der Waals surface area (Å²) in [5.41, 5.74) is 0.924. The molecule has 5 heteroatoms. The fourth-order valence-corrected chi connectivity index (χ4v) is 3.35. The third-order valence-corrected chi connectivity index (χ3v) is 4.36. The summed E-state index contributed by atoms with van der Waals surface area (Å²) in [6.45, 7) is 0. The third kappa shape index (κ3) is 2.46. The molecule has 1 saturated carbocycles. The van der Waals surface area contributed by atoms with Crippen LogP contribution in [-0.2, 0) is 0 Å². The minimum Gasteiger partial charge on any atom is -0.344 e. The van der Waals surface area contributed by atoms with Crippen molar-refractivity contribution in [2.24, 2.45) is 0 Å². The Hall–Kier alpha value is -0.800. The minimum absolute atomic E-state index is 0.0500. The Balaban J connectivity index is 1.98. The molecule has 0 spiro atoms. The smallest absolute Gasteiger partial charge is 0.248 e. The minimum atomic E-state index is -2.51. The molecule has 1 nitrogen and oxygen atoms in total. The van der Waals surface area contributed by atoms with E-state index in [0.717, 1.165) is 10.9 Å². The van der Waals surface area contributed by atoms with E-state index in [1.807, 2.05) is 22.9 Å². The van der Waals surface area contributed by atoms with Crippen molar-refractivity contribution in [3.8, 4) is 0 Å². The number of halogens is 4. The van der Waals surface area contributed by atoms with Crippen LogP contribution in [0.1, 0.15) is 31.7 Å². The summed E-state index contributed by atoms with van der Waals surface area (Å²) in [6.07, 6.45) is 2.79. The SMILES string of the molecule is FC1(F)CCC(n2ccc3c(Cl)cc(Cl)cc32)CC1. The van der Waals surface area contributed by atoms with Gasteiger partial charge in [-0.3, -0.25) is 0 Å². The van der Waals surface area contributed by atoms with Crippen molar-refractivity contribution in [3.05, 3.63) is 34.4 Å². The Morgan fingerprint density at radius 1 is 1.16 bits per heavy atom. The van der Waals surface area contributed by atoms with E-state index in [1.165, 1.54) is 0 Å². The van der Waals surface area contributed by atoms with E-state index in [0.29, 0.717) is 22.9 Å². The van der Waals surface area contributed by atoms with Crippen LogP contribution in [0.15, 0.2) is 24.4 Å². The largest absolute Gasteiger partial charge is 0.344 e. The van der Waals surface area contributed by atoms with Crippen LogP contribution in [0.3, 0.4) is 0 Å². The Kier molecular flexibility index (Phi) is 3.22. The quantitative estimate of drug-likeness (QED) is 0.637. The first-order valence-corrected chi connectivity index (χ1v) is 7.05. The fraction of sp³-hybridized carbons (Fsp3) is 0.429. The molecule has 1 aromatic heterocycles. The molecule has 0 N–H and O–H groups in total. The van der Waals surface area contributed by atoms with Crippen molar-refractivity contribution >= 4 is 34.1 Å². The van der Waals surface area contributed by atoms with Gasteiger partial charge >= 0.3 is 0 Å². The number of aromatic nitrogens is 1. The third-order valence-electron chi connectivity index (χ3n) is 3.83. The molecular weight excluding hydrogens is 291 g/mol. The highest BCUT2D eigenvalue weighted by molar-refractivity contribution is 6.38. The van der Waals surface area contributed by atoms with Crippen molar-refractivity contribution < 1.29 is 8.78 Å². The Morgan fingerprint density at radius 3 is 2.53 bits per heavy atom. The van der Waals surface area contributed by atoms with Gasteiger partial charge in [0.2, 0.25) is 5.92 Å². The second-order valence-corrected chi connectivity index (χ2v) is 5.97. The van der Waals surface area contributed by atoms with E-state index in [4.69, 9.17) is 23.2 Å². The second-order valence-electron chi connectivity index (χ2n) is 5.13. The zero-order valence-electron chi connectivity index (χ0n) is 10.2. The van der Waals surface area contributed by atoms with E-state index in [9.17, 15) is 8.78 Å². The first-order valence-electron chi connectivity index (χ1n) is 6.30. The van der Waals surface area contributed by atoms with E-state index in [1.54, 1.807) is 6.07 Å². The van der Waals surface area contributed by atoms with Crippen LogP contribution >= 0.6 is 23.2 Å². The van der Waals surface area contributed by atoms with Crippen molar-refractivity contribution in [1.82, 2.24) is 4.57 Å². The second kappa shape index (κ2) is 4.64. The average molecular weight is 304 g/mol. The fourth-order valence-electron chi connectivity index (χ4n) is 2.81. The lowest BCUT2D eigenvalue weighted by Gasteiger charge is -2.29. The number of rotatable bonds is 1. The number of fused-ring (bicyclic) bond motifs is 1. The molecule has 0 atom stereocenters. The normalized spacial score (nSPS) is 20.0. The predicted molar refractivity (Wildman–Crippen MR) is 74.4 cm³/mol. The molecule has 3 rings (SSSR count). The number of alkyl halides is 2. The van der Waals surface area contributed by atoms with Gasteiger partial charge in [-0.15, -0.1) is 0 Å². The van der Waals surface area contributed by atoms with E-state index < -0.39 is 5.92 Å². The van der Waals surface area contributed by atoms with Crippen LogP contribution in [0.25, 0.3) is 10.9 Å². The van der Waals surface area contributed by atoms with Gasteiger partial charge in [-0.1, -0.05) is 23.2 Å². The summed E-state index contributed by atoms with van der Waals surface area (Å²) in [4.78, 5) is 0. The van der Waals surface area contributed by atoms with E-state index >= 15 is 0 Å². The van der Waals surface area contributed by atoms with Crippen LogP contribution in [0, 0.1) is 0 Å². The van der Waals surface area contributed by atoms with Crippen molar-refractivity contribution in [3.63, 3.8) is 0 Å². The van der Waals surface area contributed by atoms with Gasteiger partial charge in [-0.05, 0) is 31.0 Å². The van der Waals surface area contributed by atoms with Crippen molar-refractivity contribution in [2.75, 3.05) is 0 Å². The van der Waals surface area contributed by atoms with Crippen LogP contribution in [0.4, 0.5) is 8.78 Å². The van der Waals surface area contributed by atoms with Crippen molar-refractivity contribution in [2.45, 2.75) is 37.6 Å². The van der Waals surface area contributed by atoms with Gasteiger partial charge < -0.3 is 4.57 Å². The summed E-state index contributed by atoms with van der Waals surface area (Å²) in [7, 11) is 0. The highest BCUT2D eigenvalue weighted by atomic mass is 35.5. The number of nitrogens with zero attached hydrogens (tertiary/aromatic N) is 1. The highest BCUT2D eigenvalue weighted by Crippen LogP contribution is 2.40. The summed E-state index contributed by atoms with van der Waals surface area (Å²) in [5, 5.41) is 2.09. The Labute approximate surface area is 120 Å². The first-order chi connectivity index (χ1) is 8.96. The molecule has 0 saturated heterocycles. The van der Waals surface area contributed by atoms with Gasteiger partial charge in [0, 0.05) is 35.5 Å². The first kappa shape index (κ1) is 13.2. The van der Waals surface area contributed by atoms with Gasteiger partial charge in [-0.25, -0.2) is 8.78 Å². The number of hydrogen-bond donors (Lipinski definition) is 0. The predicted octanol–water partition coefficient (Wildman–Crippen LogP) is 5.70. The molecule has 1 fully saturated rings. The molecule has 0 unspecified atom stereocenters. The molecule has 102 valence electrons. The Bertz CT molecular complexity index is 611. The zero-order valence-corrected chi connectivity index (χ0v) is 11.7. The van der Waals surface area contributed by atoms with Gasteiger partial charge in [-0.2, -0.15) is 0 Å². The highest BCUT2D eigenvalue weighted by Gasteiger charge is 2.35. The molecule has 1 aromatic carbocycles. The molecule has 1 aliphatic rings. The average Bonchev–Trinajstić information content (AvgIpc) is 2.73. The molecule has 0 bridgehead atoms. The molecule has 0 aliphatic heterocycles. The molecule has 0 radical (unpaired) electrons. The molecule has 19 heavy (non-hydrogen) atoms. The lowest BCUT2D eigenvalue weighted by Crippen LogP contribution is -2.26. The van der Waals surface area contributed by atoms with E-state index in [-0.39, 0.29) is 18.9 Å². The summed E-state index contributed by atoms with van der Waals surface area (Å²) >= 11 is 12.2. The molecule has 1 aliphatic carbocycles. The maximum Gasteiger partial charge on any atom is 0.248 e. The molecule has 1 heterocycles. The molecule has 2 aromatic rings. The summed E-state index contributed by atoms with van der Waals surface area (Å²) in [6, 6.07) is 5.56. The van der Waals surface area contributed by atoms with Gasteiger partial charge in [0.1, 0.15) is 0 Å². The number of benzene rings is 1. The maximum atomic E-state index is 13.2. The van der Waals surface area contributed by atoms with Gasteiger partial charge in [0.05, 0.1) is 10.5 Å². The molecule has 0 amide bonds. The monoisotopic (exact) mass is 303 g/mol. The van der Waals surface area contributed by atoms with Crippen LogP contribution < -0.4 is 0 Å². The van der Waals surface area contributed by atoms with Crippen LogP contribution in [0.5, 0.6) is 0 Å². The van der Waals surface area contributed by atoms with Crippen LogP contribution in [0.2, 0.25) is 10.0 Å². The maximum absolute atomic E-state index is 13.2. The summed E-state index contributed by atoms with van der Waals surface area (Å²) in [5.74, 6) is -2.51. The topological polar surface area (TPSA) is 4.93 Å². The zero-order chi connectivity index (χ0) is 13.6. The Morgan fingerprint density at radius 2 is 1.84 bits per heavy atom. The number of hydrogen-bond acceptors (Lipinski definition) is 0. The summed E-state index contributed by atoms with van der Waals surface area (Å²) < 4.78 is 28.5. The lowest BCUT2D eigenvalue weighted by atomic mass is 9.92. The van der Waals surface area contributed by atoms with Crippen LogP contribution in [-0.4, -0.2) is 10.5 Å².